The zero-order chi connectivity index (χ0) is 17.5. The molecule has 1 aromatic carbocycles. The maximum Gasteiger partial charge on any atom is 0.170 e. The Bertz CT molecular complexity index is 813. The van der Waals surface area contributed by atoms with Crippen LogP contribution < -0.4 is 10.6 Å². The summed E-state index contributed by atoms with van der Waals surface area (Å²) < 4.78 is 4.77. The highest BCUT2D eigenvalue weighted by atomic mass is 79.9. The summed E-state index contributed by atoms with van der Waals surface area (Å²) in [5, 5.41) is 15.5. The molecule has 0 unspecified atom stereocenters. The molecule has 0 saturated carbocycles. The summed E-state index contributed by atoms with van der Waals surface area (Å²) in [5.41, 5.74) is 2.09. The topological polar surface area (TPSA) is 59.7 Å². The lowest BCUT2D eigenvalue weighted by Gasteiger charge is -2.08. The molecule has 0 aliphatic carbocycles. The molecule has 2 aromatic heterocycles. The van der Waals surface area contributed by atoms with E-state index < -0.39 is 0 Å². The van der Waals surface area contributed by atoms with Crippen LogP contribution in [-0.2, 0) is 13.1 Å². The first kappa shape index (κ1) is 17.6. The first-order valence-electron chi connectivity index (χ1n) is 7.98. The molecule has 2 N–H and O–H groups in total. The summed E-state index contributed by atoms with van der Waals surface area (Å²) in [6.07, 6.45) is 8.40. The molecule has 0 atom stereocenters. The molecule has 6 nitrogen and oxygen atoms in total. The van der Waals surface area contributed by atoms with Crippen LogP contribution in [0.25, 0.3) is 0 Å². The van der Waals surface area contributed by atoms with Gasteiger partial charge >= 0.3 is 0 Å². The van der Waals surface area contributed by atoms with Crippen molar-refractivity contribution in [1.82, 2.24) is 24.9 Å². The second kappa shape index (κ2) is 8.77. The second-order valence-corrected chi connectivity index (χ2v) is 6.89. The van der Waals surface area contributed by atoms with Gasteiger partial charge in [0.25, 0.3) is 0 Å². The number of aryl methyl sites for hydroxylation is 1. The van der Waals surface area contributed by atoms with Crippen LogP contribution in [0.5, 0.6) is 0 Å². The van der Waals surface area contributed by atoms with Gasteiger partial charge in [0.15, 0.2) is 5.11 Å². The number of nitrogens with one attached hydrogen (secondary N) is 2. The molecule has 0 radical (unpaired) electrons. The van der Waals surface area contributed by atoms with Gasteiger partial charge in [-0.05, 0) is 40.1 Å². The van der Waals surface area contributed by atoms with E-state index in [0.29, 0.717) is 5.11 Å². The summed E-state index contributed by atoms with van der Waals surface area (Å²) in [7, 11) is 0. The van der Waals surface area contributed by atoms with E-state index in [9.17, 15) is 0 Å². The van der Waals surface area contributed by atoms with Crippen LogP contribution in [0.2, 0.25) is 0 Å². The molecule has 3 rings (SSSR count). The number of hydrogen-bond donors (Lipinski definition) is 2. The maximum atomic E-state index is 5.32. The van der Waals surface area contributed by atoms with Crippen molar-refractivity contribution in [3.05, 3.63) is 65.2 Å². The number of aromatic nitrogens is 4. The molecule has 0 amide bonds. The van der Waals surface area contributed by atoms with Gasteiger partial charge in [0, 0.05) is 25.5 Å². The highest BCUT2D eigenvalue weighted by Gasteiger charge is 2.02. The van der Waals surface area contributed by atoms with E-state index in [1.165, 1.54) is 5.56 Å². The van der Waals surface area contributed by atoms with Crippen LogP contribution >= 0.6 is 28.1 Å². The van der Waals surface area contributed by atoms with Crippen molar-refractivity contribution in [3.63, 3.8) is 0 Å². The van der Waals surface area contributed by atoms with E-state index in [2.05, 4.69) is 48.9 Å². The third kappa shape index (κ3) is 5.68. The Morgan fingerprint density at radius 3 is 2.64 bits per heavy atom. The minimum Gasteiger partial charge on any atom is -0.362 e. The van der Waals surface area contributed by atoms with Gasteiger partial charge in [-0.3, -0.25) is 9.36 Å². The Kier molecular flexibility index (Phi) is 6.19. The number of thiocarbonyl (C=S) groups is 1. The minimum absolute atomic E-state index is 0.598. The molecule has 8 heteroatoms. The van der Waals surface area contributed by atoms with E-state index in [0.717, 1.165) is 36.2 Å². The van der Waals surface area contributed by atoms with Gasteiger partial charge in [-0.25, -0.2) is 0 Å². The van der Waals surface area contributed by atoms with Crippen LogP contribution in [0.15, 0.2) is 59.6 Å². The molecule has 25 heavy (non-hydrogen) atoms. The van der Waals surface area contributed by atoms with Crippen molar-refractivity contribution in [2.24, 2.45) is 0 Å². The quantitative estimate of drug-likeness (QED) is 0.455. The van der Waals surface area contributed by atoms with Gasteiger partial charge in [-0.1, -0.05) is 30.3 Å². The lowest BCUT2D eigenvalue weighted by atomic mass is 10.2. The molecular formula is C17H19BrN6S. The Morgan fingerprint density at radius 1 is 1.08 bits per heavy atom. The Labute approximate surface area is 160 Å². The molecule has 0 fully saturated rings. The average Bonchev–Trinajstić information content (AvgIpc) is 3.21. The Hall–Kier alpha value is -2.19. The first-order valence-corrected chi connectivity index (χ1v) is 9.18. The maximum absolute atomic E-state index is 5.32. The fourth-order valence-electron chi connectivity index (χ4n) is 2.36. The van der Waals surface area contributed by atoms with Gasteiger partial charge in [-0.15, -0.1) is 0 Å². The Morgan fingerprint density at radius 2 is 1.88 bits per heavy atom. The van der Waals surface area contributed by atoms with Crippen LogP contribution in [0.3, 0.4) is 0 Å². The summed E-state index contributed by atoms with van der Waals surface area (Å²) in [5.74, 6) is 0. The molecule has 0 bridgehead atoms. The average molecular weight is 419 g/mol. The monoisotopic (exact) mass is 418 g/mol. The van der Waals surface area contributed by atoms with Crippen molar-refractivity contribution in [1.29, 1.82) is 0 Å². The zero-order valence-electron chi connectivity index (χ0n) is 13.6. The predicted molar refractivity (Wildman–Crippen MR) is 107 cm³/mol. The fourth-order valence-corrected chi connectivity index (χ4v) is 2.91. The van der Waals surface area contributed by atoms with E-state index >= 15 is 0 Å². The largest absolute Gasteiger partial charge is 0.362 e. The number of halogens is 1. The highest BCUT2D eigenvalue weighted by molar-refractivity contribution is 9.10. The van der Waals surface area contributed by atoms with Crippen LogP contribution in [-0.4, -0.2) is 31.2 Å². The molecule has 130 valence electrons. The van der Waals surface area contributed by atoms with Gasteiger partial charge in [0.05, 0.1) is 29.1 Å². The van der Waals surface area contributed by atoms with E-state index in [1.807, 2.05) is 40.0 Å². The minimum atomic E-state index is 0.598. The van der Waals surface area contributed by atoms with E-state index in [-0.39, 0.29) is 0 Å². The smallest absolute Gasteiger partial charge is 0.170 e. The SMILES string of the molecule is S=C(NCCCn1cc(Br)cn1)Nc1cnn(Cc2ccccc2)c1. The van der Waals surface area contributed by atoms with Gasteiger partial charge in [0.1, 0.15) is 0 Å². The molecule has 0 spiro atoms. The number of rotatable bonds is 7. The normalized spacial score (nSPS) is 10.6. The van der Waals surface area contributed by atoms with Crippen molar-refractivity contribution in [2.45, 2.75) is 19.5 Å². The molecule has 0 aliphatic heterocycles. The van der Waals surface area contributed by atoms with Gasteiger partial charge in [-0.2, -0.15) is 10.2 Å². The molecule has 0 saturated heterocycles. The fraction of sp³-hybridized carbons (Fsp3) is 0.235. The number of benzene rings is 1. The standard InChI is InChI=1S/C17H19BrN6S/c18-15-9-20-23(12-15)8-4-7-19-17(25)22-16-10-21-24(13-16)11-14-5-2-1-3-6-14/h1-3,5-6,9-10,12-13H,4,7-8,11H2,(H2,19,22,25). The van der Waals surface area contributed by atoms with Crippen molar-refractivity contribution < 1.29 is 0 Å². The predicted octanol–water partition coefficient (Wildman–Crippen LogP) is 3.27. The Balaban J connectivity index is 1.39. The van der Waals surface area contributed by atoms with Gasteiger partial charge in [0.2, 0.25) is 0 Å². The summed E-state index contributed by atoms with van der Waals surface area (Å²) in [4.78, 5) is 0. The second-order valence-electron chi connectivity index (χ2n) is 5.57. The summed E-state index contributed by atoms with van der Waals surface area (Å²) in [6.45, 7) is 2.36. The van der Waals surface area contributed by atoms with E-state index in [1.54, 1.807) is 12.4 Å². The molecular weight excluding hydrogens is 400 g/mol. The molecule has 3 aromatic rings. The third-order valence-electron chi connectivity index (χ3n) is 3.53. The molecule has 2 heterocycles. The van der Waals surface area contributed by atoms with Crippen molar-refractivity contribution in [3.8, 4) is 0 Å². The van der Waals surface area contributed by atoms with Gasteiger partial charge < -0.3 is 10.6 Å². The zero-order valence-corrected chi connectivity index (χ0v) is 16.0. The van der Waals surface area contributed by atoms with Crippen LogP contribution in [0.1, 0.15) is 12.0 Å². The summed E-state index contributed by atoms with van der Waals surface area (Å²) in [6, 6.07) is 10.2. The van der Waals surface area contributed by atoms with Crippen molar-refractivity contribution in [2.75, 3.05) is 11.9 Å². The highest BCUT2D eigenvalue weighted by Crippen LogP contribution is 2.08. The van der Waals surface area contributed by atoms with Crippen LogP contribution in [0.4, 0.5) is 5.69 Å². The number of hydrogen-bond acceptors (Lipinski definition) is 3. The first-order chi connectivity index (χ1) is 12.2. The number of nitrogens with zero attached hydrogens (tertiary/aromatic N) is 4. The van der Waals surface area contributed by atoms with E-state index in [4.69, 9.17) is 12.2 Å². The third-order valence-corrected chi connectivity index (χ3v) is 4.19. The lowest BCUT2D eigenvalue weighted by Crippen LogP contribution is -2.29. The summed E-state index contributed by atoms with van der Waals surface area (Å²) >= 11 is 8.71. The van der Waals surface area contributed by atoms with Crippen LogP contribution in [0, 0.1) is 0 Å². The molecule has 0 aliphatic rings. The van der Waals surface area contributed by atoms with Crippen molar-refractivity contribution >= 4 is 38.9 Å². The lowest BCUT2D eigenvalue weighted by molar-refractivity contribution is 0.573. The number of anilines is 1.